The van der Waals surface area contributed by atoms with Gasteiger partial charge in [-0.2, -0.15) is 0 Å². The molecule has 0 amide bonds. The number of rotatable bonds is 39. The van der Waals surface area contributed by atoms with Crippen molar-refractivity contribution in [3.63, 3.8) is 0 Å². The van der Waals surface area contributed by atoms with Gasteiger partial charge >= 0.3 is 17.9 Å². The molecule has 0 saturated carbocycles. The van der Waals surface area contributed by atoms with Crippen LogP contribution in [0.15, 0.2) is 0 Å². The molecule has 1 unspecified atom stereocenters. The van der Waals surface area contributed by atoms with Crippen LogP contribution in [-0.2, 0) is 28.6 Å². The van der Waals surface area contributed by atoms with Gasteiger partial charge in [0, 0.05) is 19.3 Å². The molecule has 6 nitrogen and oxygen atoms in total. The van der Waals surface area contributed by atoms with Crippen molar-refractivity contribution in [3.8, 4) is 0 Å². The zero-order chi connectivity index (χ0) is 36.8. The molecule has 50 heavy (non-hydrogen) atoms. The quantitative estimate of drug-likeness (QED) is 0.0359. The molecule has 2 atom stereocenters. The minimum atomic E-state index is -0.757. The molecule has 0 spiro atoms. The van der Waals surface area contributed by atoms with Gasteiger partial charge in [0.2, 0.25) is 0 Å². The smallest absolute Gasteiger partial charge is 0.306 e. The number of esters is 3. The third-order valence-electron chi connectivity index (χ3n) is 10.2. The van der Waals surface area contributed by atoms with Gasteiger partial charge in [0.05, 0.1) is 0 Å². The summed E-state index contributed by atoms with van der Waals surface area (Å²) in [4.78, 5) is 37.4. The average Bonchev–Trinajstić information content (AvgIpc) is 3.11. The zero-order valence-corrected chi connectivity index (χ0v) is 33.9. The van der Waals surface area contributed by atoms with Gasteiger partial charge in [0.25, 0.3) is 0 Å². The van der Waals surface area contributed by atoms with E-state index in [-0.39, 0.29) is 31.1 Å². The molecule has 0 bridgehead atoms. The first-order valence-electron chi connectivity index (χ1n) is 21.9. The van der Waals surface area contributed by atoms with E-state index in [0.29, 0.717) is 19.3 Å². The summed E-state index contributed by atoms with van der Waals surface area (Å²) in [6.07, 6.45) is 36.8. The van der Waals surface area contributed by atoms with Gasteiger partial charge in [-0.1, -0.05) is 201 Å². The monoisotopic (exact) mass is 709 g/mol. The average molecular weight is 709 g/mol. The van der Waals surface area contributed by atoms with Gasteiger partial charge in [-0.25, -0.2) is 0 Å². The predicted molar refractivity (Wildman–Crippen MR) is 210 cm³/mol. The highest BCUT2D eigenvalue weighted by molar-refractivity contribution is 5.71. The first-order valence-corrected chi connectivity index (χ1v) is 21.9. The molecule has 0 N–H and O–H groups in total. The van der Waals surface area contributed by atoms with Crippen LogP contribution in [0.1, 0.15) is 240 Å². The standard InChI is InChI=1S/C44H84O6/c1-5-8-10-12-13-14-15-16-17-18-19-20-25-29-33-37-44(47)50-41(38-48-42(45)35-31-26-11-9-6-2)39-49-43(46)36-32-28-24-22-21-23-27-30-34-40(4)7-3/h40-41H,5-39H2,1-4H3/t40?,41-/m1/s1. The topological polar surface area (TPSA) is 78.9 Å². The molecule has 0 fully saturated rings. The number of hydrogen-bond acceptors (Lipinski definition) is 6. The van der Waals surface area contributed by atoms with E-state index in [9.17, 15) is 14.4 Å². The maximum Gasteiger partial charge on any atom is 0.306 e. The maximum atomic E-state index is 12.6. The lowest BCUT2D eigenvalue weighted by atomic mass is 9.99. The number of carbonyl (C=O) groups excluding carboxylic acids is 3. The summed E-state index contributed by atoms with van der Waals surface area (Å²) in [5.74, 6) is -0.0235. The summed E-state index contributed by atoms with van der Waals surface area (Å²) in [6, 6.07) is 0. The van der Waals surface area contributed by atoms with Crippen LogP contribution in [0.4, 0.5) is 0 Å². The Bertz CT molecular complexity index is 753. The van der Waals surface area contributed by atoms with Crippen molar-refractivity contribution < 1.29 is 28.6 Å². The molecular weight excluding hydrogens is 624 g/mol. The van der Waals surface area contributed by atoms with Crippen molar-refractivity contribution in [2.45, 2.75) is 246 Å². The Morgan fingerprint density at radius 3 is 1.04 bits per heavy atom. The van der Waals surface area contributed by atoms with E-state index in [4.69, 9.17) is 14.2 Å². The first-order chi connectivity index (χ1) is 24.4. The summed E-state index contributed by atoms with van der Waals surface area (Å²) in [5, 5.41) is 0. The Morgan fingerprint density at radius 1 is 0.400 bits per heavy atom. The second-order valence-electron chi connectivity index (χ2n) is 15.2. The molecular formula is C44H84O6. The highest BCUT2D eigenvalue weighted by Gasteiger charge is 2.19. The van der Waals surface area contributed by atoms with E-state index in [2.05, 4.69) is 27.7 Å². The van der Waals surface area contributed by atoms with Crippen LogP contribution in [0.25, 0.3) is 0 Å². The maximum absolute atomic E-state index is 12.6. The molecule has 296 valence electrons. The molecule has 0 aromatic rings. The molecule has 0 aromatic carbocycles. The fourth-order valence-corrected chi connectivity index (χ4v) is 6.42. The van der Waals surface area contributed by atoms with E-state index in [0.717, 1.165) is 70.1 Å². The summed E-state index contributed by atoms with van der Waals surface area (Å²) in [7, 11) is 0. The van der Waals surface area contributed by atoms with E-state index in [1.165, 1.54) is 128 Å². The van der Waals surface area contributed by atoms with Crippen LogP contribution in [0.2, 0.25) is 0 Å². The summed E-state index contributed by atoms with van der Waals surface area (Å²) < 4.78 is 16.6. The molecule has 0 rings (SSSR count). The molecule has 0 aliphatic rings. The summed E-state index contributed by atoms with van der Waals surface area (Å²) in [6.45, 7) is 8.91. The zero-order valence-electron chi connectivity index (χ0n) is 33.9. The van der Waals surface area contributed by atoms with Crippen LogP contribution in [0, 0.1) is 5.92 Å². The van der Waals surface area contributed by atoms with Gasteiger partial charge in [0.15, 0.2) is 6.10 Å². The third-order valence-corrected chi connectivity index (χ3v) is 10.2. The lowest BCUT2D eigenvalue weighted by molar-refractivity contribution is -0.167. The van der Waals surface area contributed by atoms with Gasteiger partial charge in [-0.3, -0.25) is 14.4 Å². The van der Waals surface area contributed by atoms with Gasteiger partial charge in [-0.15, -0.1) is 0 Å². The summed E-state index contributed by atoms with van der Waals surface area (Å²) in [5.41, 5.74) is 0. The Balaban J connectivity index is 4.21. The predicted octanol–water partition coefficient (Wildman–Crippen LogP) is 13.6. The van der Waals surface area contributed by atoms with Gasteiger partial charge in [0.1, 0.15) is 13.2 Å². The van der Waals surface area contributed by atoms with Gasteiger partial charge in [-0.05, 0) is 25.2 Å². The van der Waals surface area contributed by atoms with Crippen molar-refractivity contribution in [1.29, 1.82) is 0 Å². The van der Waals surface area contributed by atoms with Gasteiger partial charge < -0.3 is 14.2 Å². The van der Waals surface area contributed by atoms with E-state index in [1.54, 1.807) is 0 Å². The minimum absolute atomic E-state index is 0.0656. The molecule has 0 aliphatic heterocycles. The SMILES string of the molecule is CCCCCCCCCCCCCCCCCC(=O)O[C@H](COC(=O)CCCCCCC)COC(=O)CCCCCCCCCCC(C)CC. The number of unbranched alkanes of at least 4 members (excludes halogenated alkanes) is 25. The largest absolute Gasteiger partial charge is 0.462 e. The van der Waals surface area contributed by atoms with E-state index in [1.807, 2.05) is 0 Å². The van der Waals surface area contributed by atoms with Crippen LogP contribution in [-0.4, -0.2) is 37.2 Å². The Morgan fingerprint density at radius 2 is 0.700 bits per heavy atom. The van der Waals surface area contributed by atoms with Crippen LogP contribution in [0.5, 0.6) is 0 Å². The highest BCUT2D eigenvalue weighted by Crippen LogP contribution is 2.16. The molecule has 6 heteroatoms. The van der Waals surface area contributed by atoms with Crippen LogP contribution in [0.3, 0.4) is 0 Å². The van der Waals surface area contributed by atoms with Crippen molar-refractivity contribution in [1.82, 2.24) is 0 Å². The van der Waals surface area contributed by atoms with Crippen molar-refractivity contribution in [3.05, 3.63) is 0 Å². The summed E-state index contributed by atoms with van der Waals surface area (Å²) >= 11 is 0. The molecule has 0 aromatic heterocycles. The molecule has 0 aliphatic carbocycles. The first kappa shape index (κ1) is 48.4. The highest BCUT2D eigenvalue weighted by atomic mass is 16.6. The Kier molecular flexibility index (Phi) is 37.4. The van der Waals surface area contributed by atoms with Crippen molar-refractivity contribution >= 4 is 17.9 Å². The van der Waals surface area contributed by atoms with Crippen LogP contribution < -0.4 is 0 Å². The Hall–Kier alpha value is -1.59. The van der Waals surface area contributed by atoms with Crippen LogP contribution >= 0.6 is 0 Å². The van der Waals surface area contributed by atoms with E-state index >= 15 is 0 Å². The third kappa shape index (κ3) is 36.2. The second kappa shape index (κ2) is 38.6. The Labute approximate surface area is 310 Å². The van der Waals surface area contributed by atoms with E-state index < -0.39 is 6.10 Å². The van der Waals surface area contributed by atoms with Crippen molar-refractivity contribution in [2.24, 2.45) is 5.92 Å². The lowest BCUT2D eigenvalue weighted by Crippen LogP contribution is -2.30. The second-order valence-corrected chi connectivity index (χ2v) is 15.2. The normalized spacial score (nSPS) is 12.5. The lowest BCUT2D eigenvalue weighted by Gasteiger charge is -2.18. The number of hydrogen-bond donors (Lipinski definition) is 0. The van der Waals surface area contributed by atoms with Crippen molar-refractivity contribution in [2.75, 3.05) is 13.2 Å². The molecule has 0 radical (unpaired) electrons. The minimum Gasteiger partial charge on any atom is -0.462 e. The number of ether oxygens (including phenoxy) is 3. The fraction of sp³-hybridized carbons (Fsp3) is 0.932. The molecule has 0 saturated heterocycles. The fourth-order valence-electron chi connectivity index (χ4n) is 6.42. The number of carbonyl (C=O) groups is 3. The molecule has 0 heterocycles.